The lowest BCUT2D eigenvalue weighted by atomic mass is 10.1. The van der Waals surface area contributed by atoms with Crippen molar-refractivity contribution in [2.24, 2.45) is 0 Å². The Labute approximate surface area is 118 Å². The fourth-order valence-electron chi connectivity index (χ4n) is 1.87. The molecule has 0 atom stereocenters. The van der Waals surface area contributed by atoms with E-state index < -0.39 is 15.8 Å². The number of hydrogen-bond acceptors (Lipinski definition) is 2. The molecular formula is C15H16FNO2S. The Bertz CT molecular complexity index is 741. The molecule has 106 valence electrons. The molecule has 5 heteroatoms. The highest BCUT2D eigenvalue weighted by molar-refractivity contribution is 7.92. The molecule has 0 unspecified atom stereocenters. The van der Waals surface area contributed by atoms with E-state index in [9.17, 15) is 12.8 Å². The van der Waals surface area contributed by atoms with Crippen molar-refractivity contribution < 1.29 is 12.8 Å². The lowest BCUT2D eigenvalue weighted by molar-refractivity contribution is 0.589. The number of halogens is 1. The first-order valence-electron chi connectivity index (χ1n) is 6.15. The van der Waals surface area contributed by atoms with Gasteiger partial charge in [0.2, 0.25) is 0 Å². The van der Waals surface area contributed by atoms with E-state index in [1.54, 1.807) is 18.2 Å². The van der Waals surface area contributed by atoms with Crippen LogP contribution >= 0.6 is 0 Å². The van der Waals surface area contributed by atoms with Gasteiger partial charge in [0, 0.05) is 7.05 Å². The average Bonchev–Trinajstić information content (AvgIpc) is 2.41. The molecule has 0 saturated carbocycles. The second-order valence-electron chi connectivity index (χ2n) is 4.67. The third-order valence-corrected chi connectivity index (χ3v) is 5.10. The summed E-state index contributed by atoms with van der Waals surface area (Å²) in [5.41, 5.74) is 1.93. The Morgan fingerprint density at radius 3 is 2.25 bits per heavy atom. The van der Waals surface area contributed by atoms with Crippen LogP contribution in [0.2, 0.25) is 0 Å². The van der Waals surface area contributed by atoms with Crippen molar-refractivity contribution in [3.63, 3.8) is 0 Å². The summed E-state index contributed by atoms with van der Waals surface area (Å²) in [6.07, 6.45) is 0. The van der Waals surface area contributed by atoms with Crippen LogP contribution in [0.4, 0.5) is 10.1 Å². The van der Waals surface area contributed by atoms with E-state index in [1.807, 2.05) is 13.8 Å². The molecule has 0 saturated heterocycles. The van der Waals surface area contributed by atoms with Crippen LogP contribution in [0.15, 0.2) is 47.4 Å². The number of sulfonamides is 1. The summed E-state index contributed by atoms with van der Waals surface area (Å²) in [5.74, 6) is -0.567. The van der Waals surface area contributed by atoms with Gasteiger partial charge in [-0.1, -0.05) is 18.2 Å². The largest absolute Gasteiger partial charge is 0.266 e. The summed E-state index contributed by atoms with van der Waals surface area (Å²) in [7, 11) is -2.41. The van der Waals surface area contributed by atoms with E-state index in [-0.39, 0.29) is 10.6 Å². The normalized spacial score (nSPS) is 11.4. The van der Waals surface area contributed by atoms with E-state index in [0.717, 1.165) is 15.4 Å². The summed E-state index contributed by atoms with van der Waals surface area (Å²) < 4.78 is 39.7. The van der Waals surface area contributed by atoms with Gasteiger partial charge in [-0.2, -0.15) is 0 Å². The Balaban J connectivity index is 2.50. The van der Waals surface area contributed by atoms with Crippen molar-refractivity contribution in [1.29, 1.82) is 0 Å². The second kappa shape index (κ2) is 5.25. The minimum Gasteiger partial charge on any atom is -0.266 e. The van der Waals surface area contributed by atoms with E-state index in [0.29, 0.717) is 0 Å². The maximum Gasteiger partial charge on any atom is 0.264 e. The summed E-state index contributed by atoms with van der Waals surface area (Å²) in [4.78, 5) is 0.159. The van der Waals surface area contributed by atoms with Crippen LogP contribution < -0.4 is 4.31 Å². The molecule has 0 aromatic heterocycles. The molecule has 0 fully saturated rings. The summed E-state index contributed by atoms with van der Waals surface area (Å²) in [6.45, 7) is 3.75. The number of anilines is 1. The Kier molecular flexibility index (Phi) is 3.81. The quantitative estimate of drug-likeness (QED) is 0.871. The number of benzene rings is 2. The molecule has 2 aromatic carbocycles. The Morgan fingerprint density at radius 2 is 1.65 bits per heavy atom. The predicted octanol–water partition coefficient (Wildman–Crippen LogP) is 3.27. The van der Waals surface area contributed by atoms with E-state index >= 15 is 0 Å². The minimum absolute atomic E-state index is 0.0331. The molecule has 0 heterocycles. The van der Waals surface area contributed by atoms with Crippen molar-refractivity contribution in [2.45, 2.75) is 18.7 Å². The summed E-state index contributed by atoms with van der Waals surface area (Å²) in [5, 5.41) is 0. The number of nitrogens with zero attached hydrogens (tertiary/aromatic N) is 1. The van der Waals surface area contributed by atoms with Gasteiger partial charge >= 0.3 is 0 Å². The van der Waals surface area contributed by atoms with Crippen LogP contribution in [0.1, 0.15) is 11.1 Å². The number of rotatable bonds is 3. The molecule has 0 spiro atoms. The van der Waals surface area contributed by atoms with Gasteiger partial charge in [0.1, 0.15) is 5.82 Å². The first-order chi connectivity index (χ1) is 9.34. The van der Waals surface area contributed by atoms with Gasteiger partial charge in [-0.15, -0.1) is 0 Å². The molecule has 2 aromatic rings. The third-order valence-electron chi connectivity index (χ3n) is 3.33. The standard InChI is InChI=1S/C15H16FNO2S/c1-11-8-9-13(10-12(11)2)20(18,19)17(3)15-7-5-4-6-14(15)16/h4-10H,1-3H3. The monoisotopic (exact) mass is 293 g/mol. The molecule has 0 aliphatic rings. The van der Waals surface area contributed by atoms with Crippen molar-refractivity contribution >= 4 is 15.7 Å². The maximum absolute atomic E-state index is 13.7. The molecular weight excluding hydrogens is 277 g/mol. The van der Waals surface area contributed by atoms with Crippen LogP contribution in [0, 0.1) is 19.7 Å². The van der Waals surface area contributed by atoms with Crippen molar-refractivity contribution in [3.05, 3.63) is 59.4 Å². The van der Waals surface area contributed by atoms with Gasteiger partial charge in [0.25, 0.3) is 10.0 Å². The van der Waals surface area contributed by atoms with E-state index in [4.69, 9.17) is 0 Å². The van der Waals surface area contributed by atoms with Gasteiger partial charge in [0.15, 0.2) is 0 Å². The molecule has 0 N–H and O–H groups in total. The molecule has 0 radical (unpaired) electrons. The first-order valence-corrected chi connectivity index (χ1v) is 7.59. The molecule has 0 aliphatic heterocycles. The topological polar surface area (TPSA) is 37.4 Å². The summed E-state index contributed by atoms with van der Waals surface area (Å²) >= 11 is 0. The smallest absolute Gasteiger partial charge is 0.264 e. The van der Waals surface area contributed by atoms with Crippen LogP contribution in [-0.4, -0.2) is 15.5 Å². The van der Waals surface area contributed by atoms with Gasteiger partial charge in [-0.25, -0.2) is 12.8 Å². The third kappa shape index (κ3) is 2.54. The van der Waals surface area contributed by atoms with E-state index in [1.165, 1.54) is 31.3 Å². The van der Waals surface area contributed by atoms with Crippen molar-refractivity contribution in [1.82, 2.24) is 0 Å². The van der Waals surface area contributed by atoms with Gasteiger partial charge in [-0.05, 0) is 49.2 Å². The summed E-state index contributed by atoms with van der Waals surface area (Å²) in [6, 6.07) is 10.7. The van der Waals surface area contributed by atoms with Gasteiger partial charge < -0.3 is 0 Å². The van der Waals surface area contributed by atoms with Crippen LogP contribution in [0.5, 0.6) is 0 Å². The van der Waals surface area contributed by atoms with Crippen LogP contribution in [-0.2, 0) is 10.0 Å². The van der Waals surface area contributed by atoms with Gasteiger partial charge in [0.05, 0.1) is 10.6 Å². The first kappa shape index (κ1) is 14.5. The molecule has 2 rings (SSSR count). The van der Waals surface area contributed by atoms with Crippen molar-refractivity contribution in [2.75, 3.05) is 11.4 Å². The zero-order valence-electron chi connectivity index (χ0n) is 11.6. The molecule has 0 bridgehead atoms. The fourth-order valence-corrected chi connectivity index (χ4v) is 3.16. The minimum atomic E-state index is -3.76. The Morgan fingerprint density at radius 1 is 1.00 bits per heavy atom. The molecule has 0 aliphatic carbocycles. The zero-order chi connectivity index (χ0) is 14.9. The zero-order valence-corrected chi connectivity index (χ0v) is 12.4. The highest BCUT2D eigenvalue weighted by atomic mass is 32.2. The number of para-hydroxylation sites is 1. The van der Waals surface area contributed by atoms with Crippen LogP contribution in [0.25, 0.3) is 0 Å². The van der Waals surface area contributed by atoms with Gasteiger partial charge in [-0.3, -0.25) is 4.31 Å². The second-order valence-corrected chi connectivity index (χ2v) is 6.64. The highest BCUT2D eigenvalue weighted by Gasteiger charge is 2.23. The maximum atomic E-state index is 13.7. The predicted molar refractivity (Wildman–Crippen MR) is 77.9 cm³/mol. The molecule has 0 amide bonds. The number of hydrogen-bond donors (Lipinski definition) is 0. The average molecular weight is 293 g/mol. The lowest BCUT2D eigenvalue weighted by Crippen LogP contribution is -2.27. The van der Waals surface area contributed by atoms with Crippen molar-refractivity contribution in [3.8, 4) is 0 Å². The lowest BCUT2D eigenvalue weighted by Gasteiger charge is -2.20. The number of aryl methyl sites for hydroxylation is 2. The van der Waals surface area contributed by atoms with E-state index in [2.05, 4.69) is 0 Å². The molecule has 20 heavy (non-hydrogen) atoms. The highest BCUT2D eigenvalue weighted by Crippen LogP contribution is 2.25. The van der Waals surface area contributed by atoms with Crippen LogP contribution in [0.3, 0.4) is 0 Å². The SMILES string of the molecule is Cc1ccc(S(=O)(=O)N(C)c2ccccc2F)cc1C. The molecule has 3 nitrogen and oxygen atoms in total. The fraction of sp³-hybridized carbons (Fsp3) is 0.200. The Hall–Kier alpha value is -1.88.